The molecule has 0 bridgehead atoms. The first-order chi connectivity index (χ1) is 10.2. The molecule has 1 N–H and O–H groups in total. The van der Waals surface area contributed by atoms with E-state index in [1.807, 2.05) is 12.1 Å². The van der Waals surface area contributed by atoms with Crippen LogP contribution in [0.3, 0.4) is 0 Å². The lowest BCUT2D eigenvalue weighted by molar-refractivity contribution is 0.211. The van der Waals surface area contributed by atoms with Crippen LogP contribution in [0.4, 0.5) is 0 Å². The average molecular weight is 328 g/mol. The van der Waals surface area contributed by atoms with Gasteiger partial charge in [0.15, 0.2) is 0 Å². The van der Waals surface area contributed by atoms with Crippen LogP contribution in [0.15, 0.2) is 12.1 Å². The zero-order valence-corrected chi connectivity index (χ0v) is 13.9. The van der Waals surface area contributed by atoms with Gasteiger partial charge in [0, 0.05) is 36.0 Å². The molecule has 0 unspecified atom stereocenters. The van der Waals surface area contributed by atoms with Gasteiger partial charge in [-0.1, -0.05) is 30.9 Å². The first kappa shape index (κ1) is 15.5. The molecule has 21 heavy (non-hydrogen) atoms. The van der Waals surface area contributed by atoms with Gasteiger partial charge in [0.1, 0.15) is 5.75 Å². The first-order valence-corrected chi connectivity index (χ1v) is 8.84. The highest BCUT2D eigenvalue weighted by molar-refractivity contribution is 6.30. The summed E-state index contributed by atoms with van der Waals surface area (Å²) in [6, 6.07) is 4.04. The Labute approximate surface area is 137 Å². The topological polar surface area (TPSA) is 21.3 Å². The molecule has 2 aliphatic rings. The van der Waals surface area contributed by atoms with Crippen LogP contribution in [-0.4, -0.2) is 19.0 Å². The Bertz CT molecular complexity index is 498. The maximum absolute atomic E-state index is 6.25. The van der Waals surface area contributed by atoms with Crippen molar-refractivity contribution in [3.05, 3.63) is 28.3 Å². The predicted molar refractivity (Wildman–Crippen MR) is 88.6 cm³/mol. The second-order valence-electron chi connectivity index (χ2n) is 6.45. The largest absolute Gasteiger partial charge is 0.493 e. The standard InChI is InChI=1S/C17H23Cl2NO/c18-11-17(5-2-1-3-6-17)12-20-10-14-9-15(19)8-13-4-7-21-16(13)14/h8-9,20H,1-7,10-12H2. The summed E-state index contributed by atoms with van der Waals surface area (Å²) < 4.78 is 5.75. The van der Waals surface area contributed by atoms with Gasteiger partial charge in [0.25, 0.3) is 0 Å². The van der Waals surface area contributed by atoms with Gasteiger partial charge in [-0.25, -0.2) is 0 Å². The third-order valence-electron chi connectivity index (χ3n) is 4.84. The van der Waals surface area contributed by atoms with E-state index in [9.17, 15) is 0 Å². The predicted octanol–water partition coefficient (Wildman–Crippen LogP) is 4.55. The lowest BCUT2D eigenvalue weighted by Gasteiger charge is -2.35. The van der Waals surface area contributed by atoms with Gasteiger partial charge < -0.3 is 10.1 Å². The van der Waals surface area contributed by atoms with Crippen LogP contribution in [0.2, 0.25) is 5.02 Å². The number of hydrogen-bond donors (Lipinski definition) is 1. The third kappa shape index (κ3) is 3.49. The number of halogens is 2. The van der Waals surface area contributed by atoms with Gasteiger partial charge in [-0.3, -0.25) is 0 Å². The molecule has 0 spiro atoms. The number of rotatable bonds is 5. The van der Waals surface area contributed by atoms with E-state index < -0.39 is 0 Å². The maximum Gasteiger partial charge on any atom is 0.127 e. The molecular weight excluding hydrogens is 305 g/mol. The molecule has 3 rings (SSSR count). The second-order valence-corrected chi connectivity index (χ2v) is 7.15. The Kier molecular flexibility index (Phi) is 4.98. The zero-order valence-electron chi connectivity index (χ0n) is 12.4. The molecule has 1 heterocycles. The molecule has 4 heteroatoms. The summed E-state index contributed by atoms with van der Waals surface area (Å²) in [5.74, 6) is 1.79. The lowest BCUT2D eigenvalue weighted by atomic mass is 9.75. The third-order valence-corrected chi connectivity index (χ3v) is 5.62. The van der Waals surface area contributed by atoms with Crippen molar-refractivity contribution in [3.8, 4) is 5.75 Å². The molecule has 1 aromatic rings. The van der Waals surface area contributed by atoms with Crippen molar-refractivity contribution in [1.82, 2.24) is 5.32 Å². The molecule has 0 atom stereocenters. The van der Waals surface area contributed by atoms with Crippen molar-refractivity contribution in [2.45, 2.75) is 45.1 Å². The van der Waals surface area contributed by atoms with Crippen molar-refractivity contribution in [1.29, 1.82) is 0 Å². The summed E-state index contributed by atoms with van der Waals surface area (Å²) in [6.45, 7) is 2.56. The van der Waals surface area contributed by atoms with Gasteiger partial charge in [-0.05, 0) is 36.0 Å². The van der Waals surface area contributed by atoms with E-state index in [1.54, 1.807) is 0 Å². The zero-order chi connectivity index (χ0) is 14.7. The summed E-state index contributed by atoms with van der Waals surface area (Å²) >= 11 is 12.5. The second kappa shape index (κ2) is 6.76. The fourth-order valence-corrected chi connectivity index (χ4v) is 4.22. The molecular formula is C17H23Cl2NO. The SMILES string of the molecule is ClCC1(CNCc2cc(Cl)cc3c2OCC3)CCCCC1. The summed E-state index contributed by atoms with van der Waals surface area (Å²) in [6.07, 6.45) is 7.43. The monoisotopic (exact) mass is 327 g/mol. The van der Waals surface area contributed by atoms with Gasteiger partial charge in [0.2, 0.25) is 0 Å². The molecule has 0 aromatic heterocycles. The van der Waals surface area contributed by atoms with Gasteiger partial charge in [0.05, 0.1) is 6.61 Å². The maximum atomic E-state index is 6.25. The van der Waals surface area contributed by atoms with E-state index in [1.165, 1.54) is 43.2 Å². The van der Waals surface area contributed by atoms with Crippen LogP contribution in [0, 0.1) is 5.41 Å². The minimum atomic E-state index is 0.280. The van der Waals surface area contributed by atoms with E-state index in [0.29, 0.717) is 0 Å². The smallest absolute Gasteiger partial charge is 0.127 e. The summed E-state index contributed by atoms with van der Waals surface area (Å²) in [5, 5.41) is 4.40. The first-order valence-electron chi connectivity index (χ1n) is 7.93. The molecule has 0 saturated heterocycles. The summed E-state index contributed by atoms with van der Waals surface area (Å²) in [7, 11) is 0. The fourth-order valence-electron chi connectivity index (χ4n) is 3.60. The van der Waals surface area contributed by atoms with Gasteiger partial charge in [-0.15, -0.1) is 11.6 Å². The van der Waals surface area contributed by atoms with Crippen molar-refractivity contribution in [2.75, 3.05) is 19.0 Å². The minimum absolute atomic E-state index is 0.280. The Morgan fingerprint density at radius 3 is 2.76 bits per heavy atom. The number of fused-ring (bicyclic) bond motifs is 1. The highest BCUT2D eigenvalue weighted by Gasteiger charge is 2.30. The van der Waals surface area contributed by atoms with Crippen LogP contribution in [0.5, 0.6) is 5.75 Å². The van der Waals surface area contributed by atoms with E-state index >= 15 is 0 Å². The van der Waals surface area contributed by atoms with E-state index in [-0.39, 0.29) is 5.41 Å². The normalized spacial score (nSPS) is 20.1. The molecule has 1 aliphatic heterocycles. The molecule has 0 radical (unpaired) electrons. The number of alkyl halides is 1. The minimum Gasteiger partial charge on any atom is -0.493 e. The summed E-state index contributed by atoms with van der Waals surface area (Å²) in [4.78, 5) is 0. The highest BCUT2D eigenvalue weighted by Crippen LogP contribution is 2.37. The number of nitrogens with one attached hydrogen (secondary N) is 1. The number of hydrogen-bond acceptors (Lipinski definition) is 2. The molecule has 1 aromatic carbocycles. The van der Waals surface area contributed by atoms with Crippen molar-refractivity contribution in [3.63, 3.8) is 0 Å². The molecule has 1 saturated carbocycles. The Morgan fingerprint density at radius 1 is 1.19 bits per heavy atom. The van der Waals surface area contributed by atoms with Crippen LogP contribution in [0.25, 0.3) is 0 Å². The fraction of sp³-hybridized carbons (Fsp3) is 0.647. The van der Waals surface area contributed by atoms with E-state index in [4.69, 9.17) is 27.9 Å². The van der Waals surface area contributed by atoms with Crippen LogP contribution in [0.1, 0.15) is 43.2 Å². The molecule has 1 aliphatic carbocycles. The average Bonchev–Trinajstić information content (AvgIpc) is 2.96. The van der Waals surface area contributed by atoms with E-state index in [2.05, 4.69) is 5.32 Å². The highest BCUT2D eigenvalue weighted by atomic mass is 35.5. The van der Waals surface area contributed by atoms with Crippen molar-refractivity contribution in [2.24, 2.45) is 5.41 Å². The van der Waals surface area contributed by atoms with Crippen LogP contribution < -0.4 is 10.1 Å². The molecule has 2 nitrogen and oxygen atoms in total. The van der Waals surface area contributed by atoms with Crippen molar-refractivity contribution < 1.29 is 4.74 Å². The Morgan fingerprint density at radius 2 is 2.00 bits per heavy atom. The van der Waals surface area contributed by atoms with Gasteiger partial charge in [-0.2, -0.15) is 0 Å². The quantitative estimate of drug-likeness (QED) is 0.801. The summed E-state index contributed by atoms with van der Waals surface area (Å²) in [5.41, 5.74) is 2.70. The number of ether oxygens (including phenoxy) is 1. The lowest BCUT2D eigenvalue weighted by Crippen LogP contribution is -2.37. The molecule has 1 fully saturated rings. The van der Waals surface area contributed by atoms with Crippen LogP contribution >= 0.6 is 23.2 Å². The van der Waals surface area contributed by atoms with Crippen LogP contribution in [-0.2, 0) is 13.0 Å². The van der Waals surface area contributed by atoms with E-state index in [0.717, 1.165) is 42.8 Å². The number of benzene rings is 1. The molecule has 0 amide bonds. The Balaban J connectivity index is 1.63. The van der Waals surface area contributed by atoms with Crippen molar-refractivity contribution >= 4 is 23.2 Å². The molecule has 116 valence electrons. The Hall–Kier alpha value is -0.440. The van der Waals surface area contributed by atoms with Gasteiger partial charge >= 0.3 is 0 Å².